The van der Waals surface area contributed by atoms with Crippen LogP contribution in [0.3, 0.4) is 0 Å². The fraction of sp³-hybridized carbons (Fsp3) is 0.114. The first-order chi connectivity index (χ1) is 21.4. The largest absolute Gasteiger partial charge is 0.497 e. The highest BCUT2D eigenvalue weighted by molar-refractivity contribution is 7.07. The summed E-state index contributed by atoms with van der Waals surface area (Å²) in [5.41, 5.74) is 3.31. The number of rotatable bonds is 8. The third-order valence-electron chi connectivity index (χ3n) is 7.26. The first-order valence-corrected chi connectivity index (χ1v) is 14.7. The summed E-state index contributed by atoms with van der Waals surface area (Å²) in [6, 6.07) is 29.5. The van der Waals surface area contributed by atoms with Crippen molar-refractivity contribution in [1.29, 1.82) is 0 Å². The Kier molecular flexibility index (Phi) is 8.21. The number of aromatic nitrogens is 1. The Hall–Kier alpha value is -5.28. The Morgan fingerprint density at radius 1 is 0.955 bits per heavy atom. The van der Waals surface area contributed by atoms with Gasteiger partial charge in [0.15, 0.2) is 4.80 Å². The van der Waals surface area contributed by atoms with Crippen LogP contribution in [0, 0.1) is 5.82 Å². The van der Waals surface area contributed by atoms with E-state index in [9.17, 15) is 14.0 Å². The number of anilines is 1. The maximum absolute atomic E-state index is 14.0. The van der Waals surface area contributed by atoms with E-state index < -0.39 is 6.04 Å². The first-order valence-electron chi connectivity index (χ1n) is 13.9. The summed E-state index contributed by atoms with van der Waals surface area (Å²) in [6.45, 7) is 1.89. The Labute approximate surface area is 256 Å². The number of benzene rings is 4. The SMILES string of the molecule is COc1ccc([C@H]2C(C(=O)Nc3ccccc3)=C(C)N=c3s/c(=C/c4ccc(OCc5ccccc5F)cc4)c(=O)n32)cc1. The Bertz CT molecular complexity index is 2030. The lowest BCUT2D eigenvalue weighted by Gasteiger charge is -2.25. The van der Waals surface area contributed by atoms with Gasteiger partial charge in [-0.3, -0.25) is 14.2 Å². The number of methoxy groups -OCH3 is 1. The number of ether oxygens (including phenoxy) is 2. The van der Waals surface area contributed by atoms with Crippen molar-refractivity contribution in [1.82, 2.24) is 4.57 Å². The van der Waals surface area contributed by atoms with Gasteiger partial charge in [0, 0.05) is 11.3 Å². The third-order valence-corrected chi connectivity index (χ3v) is 8.24. The average Bonchev–Trinajstić information content (AvgIpc) is 3.34. The van der Waals surface area contributed by atoms with Gasteiger partial charge in [-0.1, -0.05) is 72.0 Å². The first kappa shape index (κ1) is 28.8. The lowest BCUT2D eigenvalue weighted by Crippen LogP contribution is -2.40. The molecule has 0 unspecified atom stereocenters. The van der Waals surface area contributed by atoms with Crippen LogP contribution in [-0.2, 0) is 11.4 Å². The Balaban J connectivity index is 1.35. The van der Waals surface area contributed by atoms with Gasteiger partial charge in [-0.15, -0.1) is 0 Å². The van der Waals surface area contributed by atoms with Crippen molar-refractivity contribution in [3.63, 3.8) is 0 Å². The normalized spacial score (nSPS) is 14.5. The fourth-order valence-electron chi connectivity index (χ4n) is 5.02. The molecule has 2 heterocycles. The molecule has 1 aliphatic rings. The van der Waals surface area contributed by atoms with Crippen LogP contribution >= 0.6 is 11.3 Å². The summed E-state index contributed by atoms with van der Waals surface area (Å²) in [5.74, 6) is 0.594. The van der Waals surface area contributed by atoms with Crippen LogP contribution in [0.2, 0.25) is 0 Å². The molecule has 7 nitrogen and oxygen atoms in total. The molecular weight excluding hydrogens is 577 g/mol. The molecule has 5 aromatic rings. The number of allylic oxidation sites excluding steroid dienone is 1. The van der Waals surface area contributed by atoms with E-state index in [0.29, 0.717) is 43.4 Å². The van der Waals surface area contributed by atoms with Crippen LogP contribution in [0.4, 0.5) is 10.1 Å². The quantitative estimate of drug-likeness (QED) is 0.250. The second-order valence-electron chi connectivity index (χ2n) is 10.1. The van der Waals surface area contributed by atoms with Crippen LogP contribution in [0.25, 0.3) is 6.08 Å². The lowest BCUT2D eigenvalue weighted by atomic mass is 9.95. The van der Waals surface area contributed by atoms with E-state index in [1.54, 1.807) is 55.0 Å². The maximum atomic E-state index is 14.0. The monoisotopic (exact) mass is 605 g/mol. The van der Waals surface area contributed by atoms with Crippen molar-refractivity contribution in [2.24, 2.45) is 4.99 Å². The zero-order valence-electron chi connectivity index (χ0n) is 24.0. The van der Waals surface area contributed by atoms with E-state index >= 15 is 0 Å². The minimum Gasteiger partial charge on any atom is -0.497 e. The van der Waals surface area contributed by atoms with E-state index in [1.807, 2.05) is 66.7 Å². The number of carbonyl (C=O) groups is 1. The molecule has 1 aliphatic heterocycles. The summed E-state index contributed by atoms with van der Waals surface area (Å²) >= 11 is 1.26. The van der Waals surface area contributed by atoms with Gasteiger partial charge < -0.3 is 14.8 Å². The number of hydrogen-bond acceptors (Lipinski definition) is 6. The predicted octanol–water partition coefficient (Wildman–Crippen LogP) is 5.60. The van der Waals surface area contributed by atoms with Crippen molar-refractivity contribution in [3.05, 3.63) is 157 Å². The zero-order valence-corrected chi connectivity index (χ0v) is 24.8. The van der Waals surface area contributed by atoms with Gasteiger partial charge in [-0.2, -0.15) is 0 Å². The zero-order chi connectivity index (χ0) is 30.6. The molecule has 6 rings (SSSR count). The molecule has 1 atom stereocenters. The van der Waals surface area contributed by atoms with E-state index in [4.69, 9.17) is 14.5 Å². The molecule has 0 spiro atoms. The van der Waals surface area contributed by atoms with Crippen LogP contribution < -0.4 is 29.7 Å². The molecule has 44 heavy (non-hydrogen) atoms. The van der Waals surface area contributed by atoms with Crippen molar-refractivity contribution >= 4 is 29.0 Å². The topological polar surface area (TPSA) is 81.9 Å². The molecule has 1 N–H and O–H groups in total. The molecular formula is C35H28FN3O4S. The second-order valence-corrected chi connectivity index (χ2v) is 11.1. The highest BCUT2D eigenvalue weighted by atomic mass is 32.1. The number of nitrogens with zero attached hydrogens (tertiary/aromatic N) is 2. The highest BCUT2D eigenvalue weighted by Gasteiger charge is 2.32. The van der Waals surface area contributed by atoms with Gasteiger partial charge in [0.2, 0.25) is 0 Å². The van der Waals surface area contributed by atoms with E-state index in [0.717, 1.165) is 11.1 Å². The number of fused-ring (bicyclic) bond motifs is 1. The summed E-state index contributed by atoms with van der Waals surface area (Å²) < 4.78 is 27.1. The third kappa shape index (κ3) is 5.95. The summed E-state index contributed by atoms with van der Waals surface area (Å²) in [6.07, 6.45) is 1.79. The summed E-state index contributed by atoms with van der Waals surface area (Å²) in [7, 11) is 1.59. The van der Waals surface area contributed by atoms with E-state index in [-0.39, 0.29) is 23.9 Å². The smallest absolute Gasteiger partial charge is 0.271 e. The van der Waals surface area contributed by atoms with Gasteiger partial charge in [0.1, 0.15) is 23.9 Å². The maximum Gasteiger partial charge on any atom is 0.271 e. The number of nitrogens with one attached hydrogen (secondary N) is 1. The van der Waals surface area contributed by atoms with Crippen LogP contribution in [0.1, 0.15) is 29.7 Å². The van der Waals surface area contributed by atoms with Crippen molar-refractivity contribution in [2.45, 2.75) is 19.6 Å². The van der Waals surface area contributed by atoms with Gasteiger partial charge in [-0.25, -0.2) is 9.38 Å². The number of thiazole rings is 1. The molecule has 0 saturated heterocycles. The minimum absolute atomic E-state index is 0.107. The molecule has 220 valence electrons. The fourth-order valence-corrected chi connectivity index (χ4v) is 6.07. The summed E-state index contributed by atoms with van der Waals surface area (Å²) in [4.78, 5) is 32.9. The van der Waals surface area contributed by atoms with Crippen molar-refractivity contribution in [3.8, 4) is 11.5 Å². The molecule has 1 amide bonds. The number of para-hydroxylation sites is 1. The predicted molar refractivity (Wildman–Crippen MR) is 169 cm³/mol. The number of carbonyl (C=O) groups excluding carboxylic acids is 1. The molecule has 0 saturated carbocycles. The number of halogens is 1. The molecule has 4 aromatic carbocycles. The molecule has 9 heteroatoms. The Morgan fingerprint density at radius 2 is 1.64 bits per heavy atom. The van der Waals surface area contributed by atoms with Gasteiger partial charge in [0.25, 0.3) is 11.5 Å². The van der Waals surface area contributed by atoms with Crippen molar-refractivity contribution in [2.75, 3.05) is 12.4 Å². The molecule has 0 radical (unpaired) electrons. The van der Waals surface area contributed by atoms with Crippen LogP contribution in [-0.4, -0.2) is 17.6 Å². The van der Waals surface area contributed by atoms with Crippen LogP contribution in [0.15, 0.2) is 124 Å². The number of amides is 1. The number of hydrogen-bond donors (Lipinski definition) is 1. The van der Waals surface area contributed by atoms with Crippen molar-refractivity contribution < 1.29 is 18.7 Å². The Morgan fingerprint density at radius 3 is 2.34 bits per heavy atom. The van der Waals surface area contributed by atoms with Gasteiger partial charge in [-0.05, 0) is 66.6 Å². The summed E-state index contributed by atoms with van der Waals surface area (Å²) in [5, 5.41) is 2.96. The molecule has 0 bridgehead atoms. The molecule has 1 aromatic heterocycles. The van der Waals surface area contributed by atoms with E-state index in [1.165, 1.54) is 17.4 Å². The van der Waals surface area contributed by atoms with Gasteiger partial charge in [0.05, 0.1) is 29.0 Å². The van der Waals surface area contributed by atoms with Gasteiger partial charge >= 0.3 is 0 Å². The molecule has 0 fully saturated rings. The molecule has 0 aliphatic carbocycles. The second kappa shape index (κ2) is 12.5. The standard InChI is InChI=1S/C35H28FN3O4S/c1-22-31(33(40)38-26-9-4-3-5-10-26)32(24-14-18-27(42-2)19-15-24)39-34(41)30(44-35(39)37-22)20-23-12-16-28(17-13-23)43-21-25-8-6-7-11-29(25)36/h3-20,32H,21H2,1-2H3,(H,38,40)/b30-20+/t32-/m0/s1. The van der Waals surface area contributed by atoms with E-state index in [2.05, 4.69) is 5.32 Å². The lowest BCUT2D eigenvalue weighted by molar-refractivity contribution is -0.113. The highest BCUT2D eigenvalue weighted by Crippen LogP contribution is 2.31. The average molecular weight is 606 g/mol. The van der Waals surface area contributed by atoms with Crippen LogP contribution in [0.5, 0.6) is 11.5 Å². The minimum atomic E-state index is -0.697.